The van der Waals surface area contributed by atoms with Crippen molar-refractivity contribution in [2.24, 2.45) is 7.05 Å². The van der Waals surface area contributed by atoms with Crippen molar-refractivity contribution in [2.75, 3.05) is 0 Å². The minimum atomic E-state index is -0.373. The molecule has 0 aliphatic carbocycles. The highest BCUT2D eigenvalue weighted by Crippen LogP contribution is 2.46. The number of carbonyl (C=O) groups is 1. The molecule has 8 nitrogen and oxygen atoms in total. The Hall–Kier alpha value is -4.31. The molecule has 5 heterocycles. The summed E-state index contributed by atoms with van der Waals surface area (Å²) in [5, 5.41) is 12.3. The smallest absolute Gasteiger partial charge is 0.246 e. The number of pyridine rings is 1. The molecule has 0 N–H and O–H groups in total. The first-order valence-corrected chi connectivity index (χ1v) is 14.0. The van der Waals surface area contributed by atoms with Gasteiger partial charge in [-0.2, -0.15) is 10.2 Å². The Bertz CT molecular complexity index is 1770. The predicted molar refractivity (Wildman–Crippen MR) is 154 cm³/mol. The van der Waals surface area contributed by atoms with E-state index >= 15 is 0 Å². The normalized spacial score (nSPS) is 15.1. The standard InChI is InChI=1S/C30H29FN6O2S/c1-6-26(38)36-16-21-12-24(34-37(21)14-18(36)4)29-27(22-8-7-20(31)11-25(22)39-17(2)3)30-23(9-10-40-30)28(33-29)19-13-32-35(5)15-19/h6-13,15,17-18H,1,14,16H2,2-5H3. The SMILES string of the molecule is C=CC(=O)N1Cc2cc(-c3nc(-c4cnn(C)c4)c4ccsc4c3-c3ccc(F)cc3OC(C)C)nn2CC1C. The van der Waals surface area contributed by atoms with Gasteiger partial charge < -0.3 is 9.64 Å². The second-order valence-electron chi connectivity index (χ2n) is 10.3. The van der Waals surface area contributed by atoms with Crippen molar-refractivity contribution >= 4 is 27.3 Å². The van der Waals surface area contributed by atoms with Crippen LogP contribution in [-0.4, -0.2) is 47.5 Å². The van der Waals surface area contributed by atoms with Crippen molar-refractivity contribution in [3.63, 3.8) is 0 Å². The second-order valence-corrected chi connectivity index (χ2v) is 11.2. The zero-order valence-corrected chi connectivity index (χ0v) is 23.6. The number of halogens is 1. The molecule has 10 heteroatoms. The Morgan fingerprint density at radius 1 is 1.25 bits per heavy atom. The number of carbonyl (C=O) groups excluding carboxylic acids is 1. The lowest BCUT2D eigenvalue weighted by atomic mass is 9.97. The molecule has 1 atom stereocenters. The number of aromatic nitrogens is 5. The number of benzene rings is 1. The quantitative estimate of drug-likeness (QED) is 0.237. The summed E-state index contributed by atoms with van der Waals surface area (Å²) in [6.07, 6.45) is 4.93. The van der Waals surface area contributed by atoms with Crippen LogP contribution in [0.3, 0.4) is 0 Å². The van der Waals surface area contributed by atoms with Crippen LogP contribution in [0.2, 0.25) is 0 Å². The van der Waals surface area contributed by atoms with E-state index in [1.807, 2.05) is 56.2 Å². The van der Waals surface area contributed by atoms with Crippen LogP contribution in [-0.2, 0) is 24.9 Å². The van der Waals surface area contributed by atoms with Crippen LogP contribution in [0.15, 0.2) is 60.8 Å². The molecule has 0 spiro atoms. The number of rotatable bonds is 6. The summed E-state index contributed by atoms with van der Waals surface area (Å²) >= 11 is 1.59. The second kappa shape index (κ2) is 10.0. The van der Waals surface area contributed by atoms with Crippen molar-refractivity contribution < 1.29 is 13.9 Å². The predicted octanol–water partition coefficient (Wildman–Crippen LogP) is 6.07. The third-order valence-electron chi connectivity index (χ3n) is 7.03. The molecule has 5 aromatic rings. The van der Waals surface area contributed by atoms with Gasteiger partial charge in [-0.15, -0.1) is 11.3 Å². The van der Waals surface area contributed by atoms with E-state index in [1.165, 1.54) is 18.2 Å². The monoisotopic (exact) mass is 556 g/mol. The van der Waals surface area contributed by atoms with Crippen LogP contribution < -0.4 is 4.74 Å². The fraction of sp³-hybridized carbons (Fsp3) is 0.267. The van der Waals surface area contributed by atoms with E-state index in [4.69, 9.17) is 14.8 Å². The molecule has 204 valence electrons. The van der Waals surface area contributed by atoms with Gasteiger partial charge in [0.15, 0.2) is 0 Å². The Morgan fingerprint density at radius 3 is 2.80 bits per heavy atom. The van der Waals surface area contributed by atoms with E-state index in [0.29, 0.717) is 30.2 Å². The lowest BCUT2D eigenvalue weighted by Crippen LogP contribution is -2.44. The first kappa shape index (κ1) is 25.9. The maximum atomic E-state index is 14.4. The van der Waals surface area contributed by atoms with Gasteiger partial charge in [0.1, 0.15) is 23.0 Å². The molecular weight excluding hydrogens is 527 g/mol. The molecule has 1 aromatic carbocycles. The third kappa shape index (κ3) is 4.48. The summed E-state index contributed by atoms with van der Waals surface area (Å²) in [4.78, 5) is 19.5. The minimum Gasteiger partial charge on any atom is -0.490 e. The van der Waals surface area contributed by atoms with Gasteiger partial charge in [-0.05, 0) is 56.5 Å². The number of thiophene rings is 1. The molecule has 4 aromatic heterocycles. The Kier molecular flexibility index (Phi) is 6.50. The van der Waals surface area contributed by atoms with Crippen LogP contribution in [0.25, 0.3) is 43.9 Å². The van der Waals surface area contributed by atoms with Crippen LogP contribution in [0.4, 0.5) is 4.39 Å². The average molecular weight is 557 g/mol. The lowest BCUT2D eigenvalue weighted by Gasteiger charge is -2.33. The fourth-order valence-corrected chi connectivity index (χ4v) is 6.18. The molecule has 0 saturated carbocycles. The number of hydrogen-bond donors (Lipinski definition) is 0. The summed E-state index contributed by atoms with van der Waals surface area (Å²) in [7, 11) is 1.87. The van der Waals surface area contributed by atoms with Crippen LogP contribution in [0.1, 0.15) is 26.5 Å². The van der Waals surface area contributed by atoms with Gasteiger partial charge in [0.05, 0.1) is 36.8 Å². The maximum Gasteiger partial charge on any atom is 0.246 e. The lowest BCUT2D eigenvalue weighted by molar-refractivity contribution is -0.129. The zero-order valence-electron chi connectivity index (χ0n) is 22.8. The van der Waals surface area contributed by atoms with E-state index < -0.39 is 0 Å². The molecule has 40 heavy (non-hydrogen) atoms. The molecule has 0 radical (unpaired) electrons. The Balaban J connectivity index is 1.62. The molecule has 6 rings (SSSR count). The fourth-order valence-electron chi connectivity index (χ4n) is 5.23. The van der Waals surface area contributed by atoms with Crippen molar-refractivity contribution in [3.8, 4) is 39.5 Å². The van der Waals surface area contributed by atoms with Gasteiger partial charge in [-0.1, -0.05) is 6.58 Å². The molecule has 1 unspecified atom stereocenters. The van der Waals surface area contributed by atoms with Crippen LogP contribution >= 0.6 is 11.3 Å². The van der Waals surface area contributed by atoms with Gasteiger partial charge in [-0.3, -0.25) is 14.2 Å². The minimum absolute atomic E-state index is 0.0351. The van der Waals surface area contributed by atoms with Crippen molar-refractivity contribution in [1.29, 1.82) is 0 Å². The van der Waals surface area contributed by atoms with Crippen LogP contribution in [0, 0.1) is 5.82 Å². The molecule has 1 amide bonds. The Labute approximate surface area is 235 Å². The number of fused-ring (bicyclic) bond motifs is 2. The summed E-state index contributed by atoms with van der Waals surface area (Å²) < 4.78 is 25.2. The van der Waals surface area contributed by atoms with E-state index in [9.17, 15) is 9.18 Å². The van der Waals surface area contributed by atoms with Crippen molar-refractivity contribution in [3.05, 3.63) is 72.3 Å². The Morgan fingerprint density at radius 2 is 2.08 bits per heavy atom. The molecule has 1 aliphatic rings. The van der Waals surface area contributed by atoms with Gasteiger partial charge in [0.25, 0.3) is 0 Å². The number of hydrogen-bond acceptors (Lipinski definition) is 6. The largest absolute Gasteiger partial charge is 0.490 e. The number of nitrogens with zero attached hydrogens (tertiary/aromatic N) is 6. The molecule has 0 saturated heterocycles. The first-order valence-electron chi connectivity index (χ1n) is 13.1. The van der Waals surface area contributed by atoms with Crippen molar-refractivity contribution in [1.82, 2.24) is 29.4 Å². The number of ether oxygens (including phenoxy) is 1. The molecular formula is C30H29FN6O2S. The molecule has 0 bridgehead atoms. The van der Waals surface area contributed by atoms with E-state index in [-0.39, 0.29) is 23.9 Å². The molecule has 0 fully saturated rings. The third-order valence-corrected chi connectivity index (χ3v) is 7.96. The van der Waals surface area contributed by atoms with Gasteiger partial charge in [0, 0.05) is 52.1 Å². The van der Waals surface area contributed by atoms with Crippen LogP contribution in [0.5, 0.6) is 5.75 Å². The van der Waals surface area contributed by atoms with E-state index in [2.05, 4.69) is 11.7 Å². The summed E-state index contributed by atoms with van der Waals surface area (Å²) in [6.45, 7) is 10.5. The average Bonchev–Trinajstić information content (AvgIpc) is 3.66. The number of amides is 1. The summed E-state index contributed by atoms with van der Waals surface area (Å²) in [5.41, 5.74) is 5.48. The van der Waals surface area contributed by atoms with Gasteiger partial charge in [-0.25, -0.2) is 9.37 Å². The topological polar surface area (TPSA) is 78.1 Å². The van der Waals surface area contributed by atoms with Gasteiger partial charge in [0.2, 0.25) is 5.91 Å². The summed E-state index contributed by atoms with van der Waals surface area (Å²) in [5.74, 6) is -0.0371. The summed E-state index contributed by atoms with van der Waals surface area (Å²) in [6, 6.07) is 8.62. The molecule has 1 aliphatic heterocycles. The van der Waals surface area contributed by atoms with E-state index in [0.717, 1.165) is 38.2 Å². The van der Waals surface area contributed by atoms with E-state index in [1.54, 1.807) is 33.2 Å². The highest BCUT2D eigenvalue weighted by atomic mass is 32.1. The first-order chi connectivity index (χ1) is 19.2. The van der Waals surface area contributed by atoms with Gasteiger partial charge >= 0.3 is 0 Å². The highest BCUT2D eigenvalue weighted by molar-refractivity contribution is 7.18. The maximum absolute atomic E-state index is 14.4. The highest BCUT2D eigenvalue weighted by Gasteiger charge is 2.29. The number of aryl methyl sites for hydroxylation is 1. The van der Waals surface area contributed by atoms with Crippen molar-refractivity contribution in [2.45, 2.75) is 46.0 Å². The zero-order chi connectivity index (χ0) is 28.1.